The van der Waals surface area contributed by atoms with E-state index in [-0.39, 0.29) is 12.2 Å². The average molecular weight is 301 g/mol. The van der Waals surface area contributed by atoms with Gasteiger partial charge in [-0.05, 0) is 44.9 Å². The van der Waals surface area contributed by atoms with E-state index in [9.17, 15) is 8.42 Å². The maximum absolute atomic E-state index is 12.2. The van der Waals surface area contributed by atoms with Gasteiger partial charge in [-0.2, -0.15) is 0 Å². The summed E-state index contributed by atoms with van der Waals surface area (Å²) in [5.74, 6) is 0.405. The molecule has 2 aliphatic heterocycles. The van der Waals surface area contributed by atoms with Crippen LogP contribution in [0.2, 0.25) is 0 Å². The van der Waals surface area contributed by atoms with Crippen LogP contribution >= 0.6 is 0 Å². The van der Waals surface area contributed by atoms with E-state index in [2.05, 4.69) is 4.40 Å². The van der Waals surface area contributed by atoms with Gasteiger partial charge < -0.3 is 9.47 Å². The summed E-state index contributed by atoms with van der Waals surface area (Å²) < 4.78 is 39.8. The fraction of sp³-hybridized carbons (Fsp3) is 0.929. The molecule has 2 fully saturated rings. The Morgan fingerprint density at radius 3 is 2.70 bits per heavy atom. The van der Waals surface area contributed by atoms with Gasteiger partial charge >= 0.3 is 0 Å². The molecule has 0 aromatic carbocycles. The van der Waals surface area contributed by atoms with Gasteiger partial charge in [-0.25, -0.2) is 8.42 Å². The molecule has 2 heterocycles. The van der Waals surface area contributed by atoms with Crippen LogP contribution in [0.15, 0.2) is 4.40 Å². The van der Waals surface area contributed by atoms with Gasteiger partial charge in [-0.3, -0.25) is 0 Å². The number of hydrogen-bond donors (Lipinski definition) is 0. The van der Waals surface area contributed by atoms with Crippen molar-refractivity contribution in [3.05, 3.63) is 0 Å². The first-order valence-corrected chi connectivity index (χ1v) is 9.26. The zero-order valence-electron chi connectivity index (χ0n) is 11.8. The van der Waals surface area contributed by atoms with Crippen molar-refractivity contribution in [1.29, 1.82) is 0 Å². The first-order valence-electron chi connectivity index (χ1n) is 7.76. The van der Waals surface area contributed by atoms with Crippen LogP contribution in [0.25, 0.3) is 0 Å². The summed E-state index contributed by atoms with van der Waals surface area (Å²) in [5.41, 5.74) is 0. The zero-order valence-corrected chi connectivity index (χ0v) is 12.6. The molecule has 1 aliphatic carbocycles. The SMILES string of the molecule is O=S1(=O)N=C(CCC2CCCCO2)OC2CCCCC21. The van der Waals surface area contributed by atoms with Crippen LogP contribution in [0.4, 0.5) is 0 Å². The van der Waals surface area contributed by atoms with Crippen LogP contribution in [-0.4, -0.2) is 38.4 Å². The molecule has 0 aromatic rings. The number of hydrogen-bond acceptors (Lipinski definition) is 4. The van der Waals surface area contributed by atoms with Crippen molar-refractivity contribution in [3.63, 3.8) is 0 Å². The second-order valence-electron chi connectivity index (χ2n) is 6.01. The predicted octanol–water partition coefficient (Wildman–Crippen LogP) is 2.41. The zero-order chi connectivity index (χ0) is 14.0. The minimum atomic E-state index is -3.36. The summed E-state index contributed by atoms with van der Waals surface area (Å²) in [6.07, 6.45) is 8.38. The van der Waals surface area contributed by atoms with E-state index in [0.29, 0.717) is 18.7 Å². The lowest BCUT2D eigenvalue weighted by Gasteiger charge is -2.34. The summed E-state index contributed by atoms with van der Waals surface area (Å²) in [7, 11) is -3.36. The molecule has 0 N–H and O–H groups in total. The van der Waals surface area contributed by atoms with Crippen molar-refractivity contribution >= 4 is 15.9 Å². The highest BCUT2D eigenvalue weighted by Crippen LogP contribution is 2.32. The molecular weight excluding hydrogens is 278 g/mol. The molecule has 3 atom stereocenters. The first-order chi connectivity index (χ1) is 9.65. The van der Waals surface area contributed by atoms with Gasteiger partial charge in [-0.1, -0.05) is 6.42 Å². The van der Waals surface area contributed by atoms with Gasteiger partial charge in [0, 0.05) is 13.0 Å². The summed E-state index contributed by atoms with van der Waals surface area (Å²) in [6.45, 7) is 0.820. The minimum Gasteiger partial charge on any atom is -0.475 e. The van der Waals surface area contributed by atoms with Crippen molar-refractivity contribution < 1.29 is 17.9 Å². The maximum atomic E-state index is 12.2. The molecule has 0 radical (unpaired) electrons. The third-order valence-electron chi connectivity index (χ3n) is 4.50. The van der Waals surface area contributed by atoms with Gasteiger partial charge in [-0.15, -0.1) is 4.40 Å². The molecule has 114 valence electrons. The molecular formula is C14H23NO4S. The lowest BCUT2D eigenvalue weighted by atomic mass is 9.97. The molecule has 3 rings (SSSR count). The largest absolute Gasteiger partial charge is 0.475 e. The Bertz CT molecular complexity index is 468. The highest BCUT2D eigenvalue weighted by Gasteiger charge is 2.41. The molecule has 1 saturated heterocycles. The molecule has 0 amide bonds. The molecule has 3 aliphatic rings. The van der Waals surface area contributed by atoms with Crippen molar-refractivity contribution in [2.45, 2.75) is 75.2 Å². The Kier molecular flexibility index (Phi) is 4.31. The maximum Gasteiger partial charge on any atom is 0.262 e. The summed E-state index contributed by atoms with van der Waals surface area (Å²) in [4.78, 5) is 0. The second kappa shape index (κ2) is 6.02. The van der Waals surface area contributed by atoms with Gasteiger partial charge in [0.1, 0.15) is 11.4 Å². The van der Waals surface area contributed by atoms with Crippen molar-refractivity contribution in [2.75, 3.05) is 6.61 Å². The highest BCUT2D eigenvalue weighted by atomic mass is 32.2. The monoisotopic (exact) mass is 301 g/mol. The lowest BCUT2D eigenvalue weighted by molar-refractivity contribution is 0.0110. The smallest absolute Gasteiger partial charge is 0.262 e. The fourth-order valence-corrected chi connectivity index (χ4v) is 4.96. The van der Waals surface area contributed by atoms with Gasteiger partial charge in [0.25, 0.3) is 10.0 Å². The van der Waals surface area contributed by atoms with Crippen LogP contribution < -0.4 is 0 Å². The Balaban J connectivity index is 1.62. The van der Waals surface area contributed by atoms with Crippen LogP contribution in [-0.2, 0) is 19.5 Å². The second-order valence-corrected chi connectivity index (χ2v) is 7.82. The average Bonchev–Trinajstić information content (AvgIpc) is 2.46. The predicted molar refractivity (Wildman–Crippen MR) is 76.3 cm³/mol. The van der Waals surface area contributed by atoms with E-state index >= 15 is 0 Å². The number of rotatable bonds is 3. The van der Waals surface area contributed by atoms with Crippen LogP contribution in [0.1, 0.15) is 57.8 Å². The minimum absolute atomic E-state index is 0.173. The van der Waals surface area contributed by atoms with E-state index in [1.165, 1.54) is 6.42 Å². The Morgan fingerprint density at radius 1 is 1.10 bits per heavy atom. The number of ether oxygens (including phenoxy) is 2. The van der Waals surface area contributed by atoms with Crippen LogP contribution in [0, 0.1) is 0 Å². The highest BCUT2D eigenvalue weighted by molar-refractivity contribution is 7.91. The third-order valence-corrected chi connectivity index (χ3v) is 6.26. The van der Waals surface area contributed by atoms with Gasteiger partial charge in [0.15, 0.2) is 5.90 Å². The Labute approximate surface area is 120 Å². The third kappa shape index (κ3) is 3.17. The summed E-state index contributed by atoms with van der Waals surface area (Å²) in [6, 6.07) is 0. The molecule has 6 heteroatoms. The molecule has 1 saturated carbocycles. The van der Waals surface area contributed by atoms with E-state index in [0.717, 1.165) is 45.1 Å². The van der Waals surface area contributed by atoms with Crippen LogP contribution in [0.3, 0.4) is 0 Å². The van der Waals surface area contributed by atoms with Crippen molar-refractivity contribution in [1.82, 2.24) is 0 Å². The summed E-state index contributed by atoms with van der Waals surface area (Å²) >= 11 is 0. The van der Waals surface area contributed by atoms with Gasteiger partial charge in [0.05, 0.1) is 6.10 Å². The molecule has 0 bridgehead atoms. The quantitative estimate of drug-likeness (QED) is 0.803. The van der Waals surface area contributed by atoms with Crippen LogP contribution in [0.5, 0.6) is 0 Å². The number of sulfonamides is 1. The van der Waals surface area contributed by atoms with E-state index in [1.807, 2.05) is 0 Å². The normalized spacial score (nSPS) is 36.6. The Hall–Kier alpha value is -0.620. The molecule has 5 nitrogen and oxygen atoms in total. The van der Waals surface area contributed by atoms with Gasteiger partial charge in [0.2, 0.25) is 0 Å². The first kappa shape index (κ1) is 14.3. The number of nitrogens with zero attached hydrogens (tertiary/aromatic N) is 1. The molecule has 0 spiro atoms. The van der Waals surface area contributed by atoms with Crippen molar-refractivity contribution in [3.8, 4) is 0 Å². The summed E-state index contributed by atoms with van der Waals surface area (Å²) in [5, 5.41) is -0.411. The van der Waals surface area contributed by atoms with E-state index in [4.69, 9.17) is 9.47 Å². The standard InChI is InChI=1S/C14H23NO4S/c16-20(17)13-7-2-1-6-12(13)19-14(15-20)9-8-11-5-3-4-10-18-11/h11-13H,1-10H2. The van der Waals surface area contributed by atoms with E-state index in [1.54, 1.807) is 0 Å². The molecule has 20 heavy (non-hydrogen) atoms. The van der Waals surface area contributed by atoms with Crippen molar-refractivity contribution in [2.24, 2.45) is 4.40 Å². The van der Waals surface area contributed by atoms with E-state index < -0.39 is 15.3 Å². The lowest BCUT2D eigenvalue weighted by Crippen LogP contribution is -2.43. The number of fused-ring (bicyclic) bond motifs is 1. The molecule has 0 aromatic heterocycles. The molecule has 3 unspecified atom stereocenters. The fourth-order valence-electron chi connectivity index (χ4n) is 3.37. The topological polar surface area (TPSA) is 65.0 Å². The Morgan fingerprint density at radius 2 is 1.90 bits per heavy atom.